The number of hydrogen-bond donors (Lipinski definition) is 0. The van der Waals surface area contributed by atoms with Gasteiger partial charge in [-0.1, -0.05) is 51.7 Å². The van der Waals surface area contributed by atoms with E-state index in [1.165, 1.54) is 31.2 Å². The van der Waals surface area contributed by atoms with E-state index in [0.717, 1.165) is 17.9 Å². The average Bonchev–Trinajstić information content (AvgIpc) is 2.34. The Morgan fingerprint density at radius 2 is 2.12 bits per heavy atom. The van der Waals surface area contributed by atoms with Crippen molar-refractivity contribution in [1.29, 1.82) is 5.26 Å². The van der Waals surface area contributed by atoms with Crippen molar-refractivity contribution in [1.82, 2.24) is 0 Å². The number of nitriles is 1. The number of benzene rings is 1. The zero-order valence-corrected chi connectivity index (χ0v) is 10.4. The Morgan fingerprint density at radius 3 is 2.75 bits per heavy atom. The van der Waals surface area contributed by atoms with Crippen molar-refractivity contribution in [3.8, 4) is 6.07 Å². The third-order valence-corrected chi connectivity index (χ3v) is 3.12. The molecule has 86 valence electrons. The third kappa shape index (κ3) is 4.06. The zero-order valence-electron chi connectivity index (χ0n) is 10.4. The zero-order chi connectivity index (χ0) is 11.8. The summed E-state index contributed by atoms with van der Waals surface area (Å²) in [4.78, 5) is 0. The van der Waals surface area contributed by atoms with Crippen LogP contribution < -0.4 is 0 Å². The normalized spacial score (nSPS) is 12.1. The lowest BCUT2D eigenvalue weighted by molar-refractivity contribution is 0.449. The molecule has 0 fully saturated rings. The smallest absolute Gasteiger partial charge is 0.0991 e. The fourth-order valence-electron chi connectivity index (χ4n) is 2.04. The van der Waals surface area contributed by atoms with Gasteiger partial charge in [-0.2, -0.15) is 5.26 Å². The first-order valence-corrected chi connectivity index (χ1v) is 6.29. The van der Waals surface area contributed by atoms with Gasteiger partial charge < -0.3 is 0 Å². The van der Waals surface area contributed by atoms with Gasteiger partial charge in [-0.25, -0.2) is 0 Å². The minimum atomic E-state index is 0.772. The lowest BCUT2D eigenvalue weighted by Crippen LogP contribution is -2.03. The van der Waals surface area contributed by atoms with E-state index in [0.29, 0.717) is 0 Å². The summed E-state index contributed by atoms with van der Waals surface area (Å²) in [5, 5.41) is 8.84. The molecule has 16 heavy (non-hydrogen) atoms. The van der Waals surface area contributed by atoms with Crippen LogP contribution in [0.4, 0.5) is 0 Å². The molecule has 0 amide bonds. The molecule has 0 aliphatic rings. The van der Waals surface area contributed by atoms with Crippen molar-refractivity contribution >= 4 is 0 Å². The topological polar surface area (TPSA) is 23.8 Å². The summed E-state index contributed by atoms with van der Waals surface area (Å²) in [7, 11) is 0. The van der Waals surface area contributed by atoms with Crippen LogP contribution in [0.2, 0.25) is 0 Å². The molecule has 0 spiro atoms. The Kier molecular flexibility index (Phi) is 5.64. The van der Waals surface area contributed by atoms with Gasteiger partial charge in [-0.05, 0) is 30.0 Å². The van der Waals surface area contributed by atoms with E-state index in [1.807, 2.05) is 18.2 Å². The molecule has 0 N–H and O–H groups in total. The van der Waals surface area contributed by atoms with Crippen molar-refractivity contribution in [3.63, 3.8) is 0 Å². The molecule has 0 saturated heterocycles. The van der Waals surface area contributed by atoms with Crippen molar-refractivity contribution in [2.45, 2.75) is 46.0 Å². The summed E-state index contributed by atoms with van der Waals surface area (Å²) < 4.78 is 0. The SMILES string of the molecule is CCCCC(CC)Cc1cccc(C#N)c1. The summed E-state index contributed by atoms with van der Waals surface area (Å²) in [6, 6.07) is 10.2. The quantitative estimate of drug-likeness (QED) is 0.693. The molecule has 0 aliphatic heterocycles. The van der Waals surface area contributed by atoms with Gasteiger partial charge in [0.2, 0.25) is 0 Å². The lowest BCUT2D eigenvalue weighted by Gasteiger charge is -2.14. The highest BCUT2D eigenvalue weighted by atomic mass is 14.2. The van der Waals surface area contributed by atoms with Crippen molar-refractivity contribution in [2.24, 2.45) is 5.92 Å². The summed E-state index contributed by atoms with van der Waals surface area (Å²) in [5.74, 6) is 0.772. The van der Waals surface area contributed by atoms with Crippen LogP contribution in [0.25, 0.3) is 0 Å². The molecule has 1 rings (SSSR count). The molecule has 0 heterocycles. The minimum Gasteiger partial charge on any atom is -0.192 e. The maximum absolute atomic E-state index is 8.84. The molecule has 0 bridgehead atoms. The van der Waals surface area contributed by atoms with E-state index >= 15 is 0 Å². The van der Waals surface area contributed by atoms with Crippen LogP contribution in [0.3, 0.4) is 0 Å². The second kappa shape index (κ2) is 7.06. The molecule has 0 saturated carbocycles. The van der Waals surface area contributed by atoms with Gasteiger partial charge in [0.1, 0.15) is 0 Å². The van der Waals surface area contributed by atoms with Gasteiger partial charge in [0.25, 0.3) is 0 Å². The first-order chi connectivity index (χ1) is 7.80. The number of hydrogen-bond acceptors (Lipinski definition) is 1. The Bertz CT molecular complexity index is 349. The lowest BCUT2D eigenvalue weighted by atomic mass is 9.91. The maximum atomic E-state index is 8.84. The Hall–Kier alpha value is -1.29. The van der Waals surface area contributed by atoms with Crippen LogP contribution in [-0.2, 0) is 6.42 Å². The second-order valence-electron chi connectivity index (χ2n) is 4.43. The molecule has 1 aromatic carbocycles. The van der Waals surface area contributed by atoms with Crippen LogP contribution in [0.15, 0.2) is 24.3 Å². The molecule has 1 unspecified atom stereocenters. The summed E-state index contributed by atoms with van der Waals surface area (Å²) in [6.07, 6.45) is 6.25. The van der Waals surface area contributed by atoms with Gasteiger partial charge in [0.15, 0.2) is 0 Å². The monoisotopic (exact) mass is 215 g/mol. The van der Waals surface area contributed by atoms with E-state index in [2.05, 4.69) is 26.0 Å². The van der Waals surface area contributed by atoms with Crippen molar-refractivity contribution in [3.05, 3.63) is 35.4 Å². The first kappa shape index (κ1) is 12.8. The summed E-state index contributed by atoms with van der Waals surface area (Å²) in [6.45, 7) is 4.50. The number of rotatable bonds is 6. The van der Waals surface area contributed by atoms with Gasteiger partial charge >= 0.3 is 0 Å². The second-order valence-corrected chi connectivity index (χ2v) is 4.43. The first-order valence-electron chi connectivity index (χ1n) is 6.29. The van der Waals surface area contributed by atoms with Crippen LogP contribution in [0.5, 0.6) is 0 Å². The van der Waals surface area contributed by atoms with Gasteiger partial charge in [0, 0.05) is 0 Å². The Morgan fingerprint density at radius 1 is 1.31 bits per heavy atom. The third-order valence-electron chi connectivity index (χ3n) is 3.12. The molecule has 0 aliphatic carbocycles. The van der Waals surface area contributed by atoms with Gasteiger partial charge in [-0.15, -0.1) is 0 Å². The molecule has 1 atom stereocenters. The highest BCUT2D eigenvalue weighted by Gasteiger charge is 2.07. The molecule has 0 aromatic heterocycles. The standard InChI is InChI=1S/C15H21N/c1-3-5-7-13(4-2)10-14-8-6-9-15(11-14)12-16/h6,8-9,11,13H,3-5,7,10H2,1-2H3. The molecular formula is C15H21N. The van der Waals surface area contributed by atoms with Crippen LogP contribution in [0.1, 0.15) is 50.7 Å². The van der Waals surface area contributed by atoms with Crippen molar-refractivity contribution < 1.29 is 0 Å². The van der Waals surface area contributed by atoms with E-state index in [9.17, 15) is 0 Å². The highest BCUT2D eigenvalue weighted by Crippen LogP contribution is 2.19. The summed E-state index contributed by atoms with van der Waals surface area (Å²) >= 11 is 0. The fraction of sp³-hybridized carbons (Fsp3) is 0.533. The predicted octanol–water partition coefficient (Wildman–Crippen LogP) is 4.32. The Balaban J connectivity index is 2.59. The Labute approximate surface area is 99.1 Å². The summed E-state index contributed by atoms with van der Waals surface area (Å²) in [5.41, 5.74) is 2.09. The van der Waals surface area contributed by atoms with E-state index in [4.69, 9.17) is 5.26 Å². The molecular weight excluding hydrogens is 194 g/mol. The molecule has 1 aromatic rings. The number of nitrogens with zero attached hydrogens (tertiary/aromatic N) is 1. The molecule has 0 radical (unpaired) electrons. The van der Waals surface area contributed by atoms with Crippen LogP contribution in [-0.4, -0.2) is 0 Å². The number of unbranched alkanes of at least 4 members (excludes halogenated alkanes) is 1. The predicted molar refractivity (Wildman–Crippen MR) is 68.2 cm³/mol. The van der Waals surface area contributed by atoms with E-state index < -0.39 is 0 Å². The fourth-order valence-corrected chi connectivity index (χ4v) is 2.04. The highest BCUT2D eigenvalue weighted by molar-refractivity contribution is 5.32. The van der Waals surface area contributed by atoms with E-state index in [-0.39, 0.29) is 0 Å². The van der Waals surface area contributed by atoms with Crippen molar-refractivity contribution in [2.75, 3.05) is 0 Å². The largest absolute Gasteiger partial charge is 0.192 e. The minimum absolute atomic E-state index is 0.772. The average molecular weight is 215 g/mol. The van der Waals surface area contributed by atoms with Gasteiger partial charge in [0.05, 0.1) is 11.6 Å². The maximum Gasteiger partial charge on any atom is 0.0991 e. The molecule has 1 heteroatoms. The van der Waals surface area contributed by atoms with E-state index in [1.54, 1.807) is 0 Å². The van der Waals surface area contributed by atoms with Crippen LogP contribution in [0, 0.1) is 17.2 Å². The van der Waals surface area contributed by atoms with Gasteiger partial charge in [-0.3, -0.25) is 0 Å². The van der Waals surface area contributed by atoms with Crippen LogP contribution >= 0.6 is 0 Å². The molecule has 1 nitrogen and oxygen atoms in total.